The Morgan fingerprint density at radius 2 is 0.615 bits per heavy atom. The van der Waals surface area contributed by atoms with Crippen LogP contribution in [0.15, 0.2) is 60.7 Å². The molecule has 0 spiro atoms. The SMILES string of the molecule is CC(=O)OCCCCCCCCCCCCCCCCC(OCc1ccccc1)C(=O)[O-].CC(=O)OCCCCCCCCCCCCCCCCC(OCc1ccccc1)C(=O)[O-].[Ba+2]. The maximum absolute atomic E-state index is 11.3. The fourth-order valence-electron chi connectivity index (χ4n) is 7.62. The van der Waals surface area contributed by atoms with Crippen LogP contribution in [0.1, 0.15) is 218 Å². The number of hydrogen-bond acceptors (Lipinski definition) is 10. The second kappa shape index (κ2) is 46.9. The van der Waals surface area contributed by atoms with E-state index in [-0.39, 0.29) is 60.8 Å². The largest absolute Gasteiger partial charge is 2.00 e. The number of aliphatic carboxylic acids is 2. The fourth-order valence-corrected chi connectivity index (χ4v) is 7.62. The zero-order valence-corrected chi connectivity index (χ0v) is 45.2. The Morgan fingerprint density at radius 3 is 0.846 bits per heavy atom. The molecule has 0 saturated carbocycles. The molecule has 0 aliphatic heterocycles. The van der Waals surface area contributed by atoms with Crippen LogP contribution < -0.4 is 10.2 Å². The Kier molecular flexibility index (Phi) is 45.3. The first kappa shape index (κ1) is 62.8. The van der Waals surface area contributed by atoms with Gasteiger partial charge in [-0.15, -0.1) is 0 Å². The van der Waals surface area contributed by atoms with Crippen molar-refractivity contribution in [2.24, 2.45) is 0 Å². The fraction of sp³-hybridized carbons (Fsp3) is 0.704. The van der Waals surface area contributed by atoms with E-state index in [2.05, 4.69) is 0 Å². The molecule has 364 valence electrons. The minimum atomic E-state index is -1.11. The number of ether oxygens (including phenoxy) is 4. The van der Waals surface area contributed by atoms with E-state index < -0.39 is 24.1 Å². The van der Waals surface area contributed by atoms with Gasteiger partial charge in [-0.05, 0) is 36.8 Å². The summed E-state index contributed by atoms with van der Waals surface area (Å²) < 4.78 is 20.9. The van der Waals surface area contributed by atoms with Gasteiger partial charge in [-0.3, -0.25) is 9.59 Å². The molecule has 0 N–H and O–H groups in total. The summed E-state index contributed by atoms with van der Waals surface area (Å²) in [5.74, 6) is -2.58. The van der Waals surface area contributed by atoms with Crippen molar-refractivity contribution in [2.75, 3.05) is 13.2 Å². The molecule has 0 amide bonds. The average Bonchev–Trinajstić information content (AvgIpc) is 3.28. The number of carboxylic acid groups (broad SMARTS) is 2. The number of carboxylic acids is 2. The summed E-state index contributed by atoms with van der Waals surface area (Å²) in [7, 11) is 0. The topological polar surface area (TPSA) is 151 Å². The molecule has 0 aromatic heterocycles. The zero-order chi connectivity index (χ0) is 46.6. The van der Waals surface area contributed by atoms with Gasteiger partial charge in [0.15, 0.2) is 0 Å². The molecule has 0 heterocycles. The van der Waals surface area contributed by atoms with Gasteiger partial charge in [0.05, 0.1) is 50.6 Å². The molecule has 0 fully saturated rings. The number of carbonyl (C=O) groups is 4. The van der Waals surface area contributed by atoms with E-state index in [9.17, 15) is 29.4 Å². The summed E-state index contributed by atoms with van der Waals surface area (Å²) in [6.45, 7) is 4.67. The average molecular weight is 1030 g/mol. The predicted molar refractivity (Wildman–Crippen MR) is 258 cm³/mol. The minimum Gasteiger partial charge on any atom is -0.547 e. The summed E-state index contributed by atoms with van der Waals surface area (Å²) in [5.41, 5.74) is 1.96. The van der Waals surface area contributed by atoms with Gasteiger partial charge in [-0.1, -0.05) is 228 Å². The molecular weight excluding hydrogens is 946 g/mol. The predicted octanol–water partition coefficient (Wildman–Crippen LogP) is 11.1. The molecule has 2 aromatic rings. The van der Waals surface area contributed by atoms with E-state index in [1.54, 1.807) is 0 Å². The summed E-state index contributed by atoms with van der Waals surface area (Å²) in [6.07, 6.45) is 33.0. The van der Waals surface area contributed by atoms with Gasteiger partial charge in [-0.25, -0.2) is 0 Å². The Labute approximate surface area is 434 Å². The first-order chi connectivity index (χ1) is 31.2. The number of hydrogen-bond donors (Lipinski definition) is 0. The number of carbonyl (C=O) groups excluding carboxylic acids is 4. The standard InChI is InChI=1S/2C27H44O5.Ba/c2*1-24(28)31-22-18-13-11-9-7-5-3-2-4-6-8-10-12-17-21-26(27(29)30)32-23-25-19-15-14-16-20-25;/h2*14-16,19-20,26H,2-13,17-18,21-23H2,1H3,(H,29,30);/q;;+2/p-2. The van der Waals surface area contributed by atoms with Crippen LogP contribution in [-0.2, 0) is 51.3 Å². The maximum Gasteiger partial charge on any atom is 2.00 e. The van der Waals surface area contributed by atoms with E-state index in [4.69, 9.17) is 18.9 Å². The minimum absolute atomic E-state index is 0. The Hall–Kier alpha value is -2.19. The zero-order valence-electron chi connectivity index (χ0n) is 40.8. The molecule has 2 unspecified atom stereocenters. The summed E-state index contributed by atoms with van der Waals surface area (Å²) >= 11 is 0. The van der Waals surface area contributed by atoms with Crippen LogP contribution in [0.25, 0.3) is 0 Å². The van der Waals surface area contributed by atoms with Crippen LogP contribution in [0.3, 0.4) is 0 Å². The second-order valence-electron chi connectivity index (χ2n) is 17.4. The van der Waals surface area contributed by atoms with Crippen LogP contribution in [0, 0.1) is 0 Å². The number of unbranched alkanes of at least 4 members (excludes halogenated alkanes) is 26. The Morgan fingerprint density at radius 1 is 0.385 bits per heavy atom. The third-order valence-electron chi connectivity index (χ3n) is 11.4. The van der Waals surface area contributed by atoms with Crippen molar-refractivity contribution in [1.29, 1.82) is 0 Å². The second-order valence-corrected chi connectivity index (χ2v) is 17.4. The van der Waals surface area contributed by atoms with Crippen LogP contribution in [-0.4, -0.2) is 98.2 Å². The van der Waals surface area contributed by atoms with Crippen molar-refractivity contribution in [3.63, 3.8) is 0 Å². The summed E-state index contributed by atoms with van der Waals surface area (Å²) in [6, 6.07) is 19.3. The van der Waals surface area contributed by atoms with Crippen molar-refractivity contribution in [2.45, 2.75) is 232 Å². The number of benzene rings is 2. The number of esters is 2. The molecule has 10 nitrogen and oxygen atoms in total. The molecule has 0 saturated heterocycles. The maximum atomic E-state index is 11.3. The molecule has 0 aliphatic rings. The third-order valence-corrected chi connectivity index (χ3v) is 11.4. The quantitative estimate of drug-likeness (QED) is 0.0357. The smallest absolute Gasteiger partial charge is 0.547 e. The van der Waals surface area contributed by atoms with Gasteiger partial charge in [0.1, 0.15) is 0 Å². The van der Waals surface area contributed by atoms with E-state index >= 15 is 0 Å². The molecule has 2 aromatic carbocycles. The van der Waals surface area contributed by atoms with Gasteiger partial charge >= 0.3 is 60.8 Å². The van der Waals surface area contributed by atoms with E-state index in [1.165, 1.54) is 129 Å². The molecule has 11 heteroatoms. The molecular formula is C54H86BaO10. The molecule has 65 heavy (non-hydrogen) atoms. The number of rotatable bonds is 42. The first-order valence-corrected chi connectivity index (χ1v) is 25.2. The van der Waals surface area contributed by atoms with Gasteiger partial charge in [0.25, 0.3) is 0 Å². The van der Waals surface area contributed by atoms with Crippen LogP contribution in [0.4, 0.5) is 0 Å². The molecule has 2 atom stereocenters. The summed E-state index contributed by atoms with van der Waals surface area (Å²) in [5, 5.41) is 22.6. The van der Waals surface area contributed by atoms with Crippen molar-refractivity contribution in [3.8, 4) is 0 Å². The Balaban J connectivity index is 0.00000124. The molecule has 0 aliphatic carbocycles. The molecule has 0 radical (unpaired) electrons. The monoisotopic (exact) mass is 1030 g/mol. The van der Waals surface area contributed by atoms with Gasteiger partial charge in [-0.2, -0.15) is 0 Å². The van der Waals surface area contributed by atoms with Crippen molar-refractivity contribution in [3.05, 3.63) is 71.8 Å². The van der Waals surface area contributed by atoms with E-state index in [1.807, 2.05) is 60.7 Å². The van der Waals surface area contributed by atoms with Gasteiger partial charge < -0.3 is 38.7 Å². The molecule has 0 bridgehead atoms. The van der Waals surface area contributed by atoms with Crippen LogP contribution in [0.2, 0.25) is 0 Å². The third kappa shape index (κ3) is 42.9. The van der Waals surface area contributed by atoms with Gasteiger partial charge in [0, 0.05) is 13.8 Å². The Bertz CT molecular complexity index is 1290. The van der Waals surface area contributed by atoms with Crippen LogP contribution >= 0.6 is 0 Å². The van der Waals surface area contributed by atoms with E-state index in [0.29, 0.717) is 39.3 Å². The molecule has 2 rings (SSSR count). The van der Waals surface area contributed by atoms with Crippen molar-refractivity contribution in [1.82, 2.24) is 0 Å². The normalized spacial score (nSPS) is 11.7. The van der Waals surface area contributed by atoms with Crippen molar-refractivity contribution < 1.29 is 48.3 Å². The van der Waals surface area contributed by atoms with E-state index in [0.717, 1.165) is 75.3 Å². The van der Waals surface area contributed by atoms with Crippen molar-refractivity contribution >= 4 is 72.8 Å². The first-order valence-electron chi connectivity index (χ1n) is 25.2. The van der Waals surface area contributed by atoms with Gasteiger partial charge in [0.2, 0.25) is 0 Å². The summed E-state index contributed by atoms with van der Waals surface area (Å²) in [4.78, 5) is 43.9. The van der Waals surface area contributed by atoms with Crippen LogP contribution in [0.5, 0.6) is 0 Å².